The standard InChI is InChI=1S/C17H20O6/c1-3-21-16(19)14(17(20)22-4-2)12-10-13(23-15(12)18)11-8-6-5-7-9-11/h5-9,12-14H,3-4,10H2,1-2H3. The number of cyclic esters (lactones) is 1. The summed E-state index contributed by atoms with van der Waals surface area (Å²) < 4.78 is 15.2. The summed E-state index contributed by atoms with van der Waals surface area (Å²) in [5.41, 5.74) is 0.829. The minimum atomic E-state index is -1.28. The zero-order chi connectivity index (χ0) is 16.8. The van der Waals surface area contributed by atoms with E-state index >= 15 is 0 Å². The highest BCUT2D eigenvalue weighted by atomic mass is 16.6. The number of hydrogen-bond donors (Lipinski definition) is 0. The fourth-order valence-corrected chi connectivity index (χ4v) is 2.64. The van der Waals surface area contributed by atoms with Crippen molar-refractivity contribution in [2.24, 2.45) is 11.8 Å². The van der Waals surface area contributed by atoms with Gasteiger partial charge in [0.25, 0.3) is 0 Å². The van der Waals surface area contributed by atoms with Crippen LogP contribution in [-0.4, -0.2) is 31.1 Å². The summed E-state index contributed by atoms with van der Waals surface area (Å²) in [5.74, 6) is -4.25. The first-order valence-electron chi connectivity index (χ1n) is 7.67. The molecule has 1 saturated heterocycles. The van der Waals surface area contributed by atoms with Gasteiger partial charge in [0.15, 0.2) is 5.92 Å². The van der Waals surface area contributed by atoms with Gasteiger partial charge in [-0.3, -0.25) is 14.4 Å². The number of rotatable bonds is 6. The molecule has 1 heterocycles. The average Bonchev–Trinajstić information content (AvgIpc) is 2.91. The number of esters is 3. The van der Waals surface area contributed by atoms with E-state index < -0.39 is 35.8 Å². The highest BCUT2D eigenvalue weighted by Crippen LogP contribution is 2.38. The van der Waals surface area contributed by atoms with E-state index in [-0.39, 0.29) is 19.6 Å². The van der Waals surface area contributed by atoms with E-state index in [2.05, 4.69) is 0 Å². The first-order chi connectivity index (χ1) is 11.1. The monoisotopic (exact) mass is 320 g/mol. The predicted molar refractivity (Wildman–Crippen MR) is 80.1 cm³/mol. The van der Waals surface area contributed by atoms with Crippen molar-refractivity contribution in [3.05, 3.63) is 35.9 Å². The van der Waals surface area contributed by atoms with Crippen LogP contribution in [0.1, 0.15) is 31.9 Å². The van der Waals surface area contributed by atoms with Crippen molar-refractivity contribution in [3.8, 4) is 0 Å². The van der Waals surface area contributed by atoms with Gasteiger partial charge < -0.3 is 14.2 Å². The third-order valence-corrected chi connectivity index (χ3v) is 3.68. The first-order valence-corrected chi connectivity index (χ1v) is 7.67. The van der Waals surface area contributed by atoms with Gasteiger partial charge in [-0.05, 0) is 19.4 Å². The summed E-state index contributed by atoms with van der Waals surface area (Å²) in [5, 5.41) is 0. The van der Waals surface area contributed by atoms with Crippen LogP contribution in [0.3, 0.4) is 0 Å². The van der Waals surface area contributed by atoms with Crippen molar-refractivity contribution in [2.75, 3.05) is 13.2 Å². The molecule has 6 heteroatoms. The maximum absolute atomic E-state index is 12.2. The molecule has 0 saturated carbocycles. The normalized spacial score (nSPS) is 20.2. The van der Waals surface area contributed by atoms with Gasteiger partial charge in [-0.15, -0.1) is 0 Å². The molecule has 124 valence electrons. The topological polar surface area (TPSA) is 78.9 Å². The van der Waals surface area contributed by atoms with Crippen molar-refractivity contribution in [3.63, 3.8) is 0 Å². The highest BCUT2D eigenvalue weighted by molar-refractivity contribution is 5.99. The fourth-order valence-electron chi connectivity index (χ4n) is 2.64. The number of carbonyl (C=O) groups is 3. The molecule has 1 aromatic carbocycles. The molecule has 1 aromatic rings. The quantitative estimate of drug-likeness (QED) is 0.453. The summed E-state index contributed by atoms with van der Waals surface area (Å²) in [7, 11) is 0. The number of carbonyl (C=O) groups excluding carboxylic acids is 3. The molecule has 23 heavy (non-hydrogen) atoms. The molecule has 0 spiro atoms. The SMILES string of the molecule is CCOC(=O)C(C(=O)OCC)C1CC(c2ccccc2)OC1=O. The summed E-state index contributed by atoms with van der Waals surface area (Å²) in [6.45, 7) is 3.52. The molecule has 0 aliphatic carbocycles. The van der Waals surface area contributed by atoms with Crippen LogP contribution in [0.4, 0.5) is 0 Å². The second-order valence-electron chi connectivity index (χ2n) is 5.16. The zero-order valence-electron chi connectivity index (χ0n) is 13.2. The molecule has 0 aromatic heterocycles. The Hall–Kier alpha value is -2.37. The molecule has 0 radical (unpaired) electrons. The lowest BCUT2D eigenvalue weighted by Gasteiger charge is -2.17. The Kier molecular flexibility index (Phi) is 5.73. The second-order valence-corrected chi connectivity index (χ2v) is 5.16. The highest BCUT2D eigenvalue weighted by Gasteiger charge is 2.48. The Balaban J connectivity index is 2.19. The molecule has 1 fully saturated rings. The van der Waals surface area contributed by atoms with Crippen LogP contribution in [0.25, 0.3) is 0 Å². The van der Waals surface area contributed by atoms with Crippen LogP contribution in [-0.2, 0) is 28.6 Å². The van der Waals surface area contributed by atoms with Crippen molar-refractivity contribution in [1.82, 2.24) is 0 Å². The lowest BCUT2D eigenvalue weighted by atomic mass is 9.88. The van der Waals surface area contributed by atoms with E-state index in [1.807, 2.05) is 30.3 Å². The second kappa shape index (κ2) is 7.76. The Morgan fingerprint density at radius 1 is 1.13 bits per heavy atom. The van der Waals surface area contributed by atoms with Crippen LogP contribution < -0.4 is 0 Å². The maximum atomic E-state index is 12.2. The molecular weight excluding hydrogens is 300 g/mol. The van der Waals surface area contributed by atoms with E-state index in [0.29, 0.717) is 0 Å². The Morgan fingerprint density at radius 2 is 1.70 bits per heavy atom. The summed E-state index contributed by atoms with van der Waals surface area (Å²) >= 11 is 0. The third-order valence-electron chi connectivity index (χ3n) is 3.68. The van der Waals surface area contributed by atoms with Gasteiger partial charge in [0.1, 0.15) is 6.10 Å². The lowest BCUT2D eigenvalue weighted by molar-refractivity contribution is -0.168. The molecule has 1 aliphatic rings. The largest absolute Gasteiger partial charge is 0.465 e. The lowest BCUT2D eigenvalue weighted by Crippen LogP contribution is -2.36. The van der Waals surface area contributed by atoms with Gasteiger partial charge in [0.05, 0.1) is 19.1 Å². The average molecular weight is 320 g/mol. The van der Waals surface area contributed by atoms with Gasteiger partial charge in [-0.2, -0.15) is 0 Å². The minimum Gasteiger partial charge on any atom is -0.465 e. The molecule has 0 bridgehead atoms. The zero-order valence-corrected chi connectivity index (χ0v) is 13.2. The summed E-state index contributed by atoms with van der Waals surface area (Å²) in [6, 6.07) is 9.21. The van der Waals surface area contributed by atoms with Gasteiger partial charge in [0, 0.05) is 6.42 Å². The van der Waals surface area contributed by atoms with E-state index in [1.54, 1.807) is 13.8 Å². The van der Waals surface area contributed by atoms with E-state index in [9.17, 15) is 14.4 Å². The van der Waals surface area contributed by atoms with Gasteiger partial charge >= 0.3 is 17.9 Å². The first kappa shape index (κ1) is 17.0. The molecular formula is C17H20O6. The van der Waals surface area contributed by atoms with Crippen molar-refractivity contribution in [2.45, 2.75) is 26.4 Å². The van der Waals surface area contributed by atoms with Gasteiger partial charge in [-0.1, -0.05) is 30.3 Å². The Morgan fingerprint density at radius 3 is 2.22 bits per heavy atom. The maximum Gasteiger partial charge on any atom is 0.321 e. The minimum absolute atomic E-state index is 0.124. The van der Waals surface area contributed by atoms with Crippen molar-refractivity contribution >= 4 is 17.9 Å². The summed E-state index contributed by atoms with van der Waals surface area (Å²) in [4.78, 5) is 36.4. The molecule has 2 rings (SSSR count). The molecule has 0 N–H and O–H groups in total. The number of hydrogen-bond acceptors (Lipinski definition) is 6. The molecule has 0 amide bonds. The molecule has 1 aliphatic heterocycles. The Bertz CT molecular complexity index is 550. The smallest absolute Gasteiger partial charge is 0.321 e. The van der Waals surface area contributed by atoms with Crippen LogP contribution in [0.15, 0.2) is 30.3 Å². The van der Waals surface area contributed by atoms with Crippen molar-refractivity contribution < 1.29 is 28.6 Å². The number of ether oxygens (including phenoxy) is 3. The molecule has 6 nitrogen and oxygen atoms in total. The van der Waals surface area contributed by atoms with E-state index in [0.717, 1.165) is 5.56 Å². The summed E-state index contributed by atoms with van der Waals surface area (Å²) in [6.07, 6.45) is -0.231. The third kappa shape index (κ3) is 3.88. The van der Waals surface area contributed by atoms with Crippen LogP contribution in [0, 0.1) is 11.8 Å². The predicted octanol–water partition coefficient (Wildman–Crippen LogP) is 2.03. The molecule has 2 atom stereocenters. The van der Waals surface area contributed by atoms with Crippen LogP contribution >= 0.6 is 0 Å². The van der Waals surface area contributed by atoms with Gasteiger partial charge in [-0.25, -0.2) is 0 Å². The molecule has 2 unspecified atom stereocenters. The Labute approximate surface area is 134 Å². The number of benzene rings is 1. The van der Waals surface area contributed by atoms with E-state index in [1.165, 1.54) is 0 Å². The van der Waals surface area contributed by atoms with E-state index in [4.69, 9.17) is 14.2 Å². The van der Waals surface area contributed by atoms with Gasteiger partial charge in [0.2, 0.25) is 0 Å². The fraction of sp³-hybridized carbons (Fsp3) is 0.471. The van der Waals surface area contributed by atoms with Crippen LogP contribution in [0.5, 0.6) is 0 Å². The van der Waals surface area contributed by atoms with Crippen LogP contribution in [0.2, 0.25) is 0 Å². The van der Waals surface area contributed by atoms with Crippen molar-refractivity contribution in [1.29, 1.82) is 0 Å².